The molecule has 1 unspecified atom stereocenters. The Morgan fingerprint density at radius 3 is 2.88 bits per heavy atom. The van der Waals surface area contributed by atoms with Crippen molar-refractivity contribution in [1.82, 2.24) is 9.88 Å². The molecule has 0 fully saturated rings. The first-order chi connectivity index (χ1) is 7.76. The number of rotatable bonds is 7. The quantitative estimate of drug-likeness (QED) is 0.745. The molecule has 4 heteroatoms. The first kappa shape index (κ1) is 13.1. The summed E-state index contributed by atoms with van der Waals surface area (Å²) in [6.45, 7) is 2.40. The zero-order valence-electron chi connectivity index (χ0n) is 10.1. The lowest BCUT2D eigenvalue weighted by molar-refractivity contribution is 0.0917. The maximum absolute atomic E-state index is 5.57. The minimum atomic E-state index is 0.159. The second-order valence-corrected chi connectivity index (χ2v) is 3.94. The van der Waals surface area contributed by atoms with Crippen LogP contribution in [0.5, 0.6) is 0 Å². The molecule has 0 saturated carbocycles. The molecule has 0 aliphatic carbocycles. The first-order valence-electron chi connectivity index (χ1n) is 5.57. The fraction of sp³-hybridized carbons (Fsp3) is 0.583. The molecule has 0 radical (unpaired) electrons. The summed E-state index contributed by atoms with van der Waals surface area (Å²) in [4.78, 5) is 6.51. The van der Waals surface area contributed by atoms with Gasteiger partial charge in [0.15, 0.2) is 0 Å². The van der Waals surface area contributed by atoms with Crippen molar-refractivity contribution in [2.75, 3.05) is 27.2 Å². The summed E-state index contributed by atoms with van der Waals surface area (Å²) in [6, 6.07) is 5.97. The van der Waals surface area contributed by atoms with Crippen LogP contribution in [0.3, 0.4) is 0 Å². The number of nitrogens with zero attached hydrogens (tertiary/aromatic N) is 2. The van der Waals surface area contributed by atoms with Crippen LogP contribution >= 0.6 is 0 Å². The van der Waals surface area contributed by atoms with Crippen LogP contribution in [0.4, 0.5) is 0 Å². The average molecular weight is 223 g/mol. The van der Waals surface area contributed by atoms with E-state index in [0.29, 0.717) is 6.54 Å². The third kappa shape index (κ3) is 4.70. The molecule has 1 aromatic heterocycles. The van der Waals surface area contributed by atoms with Crippen LogP contribution in [0.2, 0.25) is 0 Å². The maximum atomic E-state index is 5.57. The number of pyridine rings is 1. The summed E-state index contributed by atoms with van der Waals surface area (Å²) in [5.74, 6) is 0. The first-order valence-corrected chi connectivity index (χ1v) is 5.57. The van der Waals surface area contributed by atoms with Crippen LogP contribution in [0.1, 0.15) is 12.1 Å². The van der Waals surface area contributed by atoms with Gasteiger partial charge in [0.2, 0.25) is 0 Å². The molecule has 0 saturated heterocycles. The van der Waals surface area contributed by atoms with Crippen LogP contribution in [0.15, 0.2) is 24.4 Å². The Hall–Kier alpha value is -0.970. The molecular weight excluding hydrogens is 202 g/mol. The van der Waals surface area contributed by atoms with Crippen molar-refractivity contribution in [1.29, 1.82) is 0 Å². The van der Waals surface area contributed by atoms with Gasteiger partial charge in [-0.25, -0.2) is 0 Å². The Labute approximate surface area is 97.4 Å². The lowest BCUT2D eigenvalue weighted by Gasteiger charge is -2.19. The molecule has 16 heavy (non-hydrogen) atoms. The summed E-state index contributed by atoms with van der Waals surface area (Å²) in [5, 5.41) is 0. The molecule has 2 N–H and O–H groups in total. The maximum Gasteiger partial charge on any atom is 0.0705 e. The highest BCUT2D eigenvalue weighted by Crippen LogP contribution is 2.02. The van der Waals surface area contributed by atoms with Crippen molar-refractivity contribution in [2.45, 2.75) is 19.1 Å². The van der Waals surface area contributed by atoms with E-state index >= 15 is 0 Å². The number of aromatic nitrogens is 1. The Balaban J connectivity index is 2.28. The summed E-state index contributed by atoms with van der Waals surface area (Å²) in [7, 11) is 3.79. The largest absolute Gasteiger partial charge is 0.380 e. The predicted octanol–water partition coefficient (Wildman–Crippen LogP) is 0.877. The average Bonchev–Trinajstić information content (AvgIpc) is 2.31. The van der Waals surface area contributed by atoms with Crippen molar-refractivity contribution in [3.05, 3.63) is 30.1 Å². The fourth-order valence-electron chi connectivity index (χ4n) is 1.54. The minimum absolute atomic E-state index is 0.159. The molecular formula is C12H21N3O. The summed E-state index contributed by atoms with van der Waals surface area (Å²) < 4.78 is 5.23. The highest BCUT2D eigenvalue weighted by atomic mass is 16.5. The van der Waals surface area contributed by atoms with Crippen LogP contribution < -0.4 is 5.73 Å². The minimum Gasteiger partial charge on any atom is -0.380 e. The van der Waals surface area contributed by atoms with Gasteiger partial charge in [0.1, 0.15) is 0 Å². The van der Waals surface area contributed by atoms with E-state index in [0.717, 1.165) is 25.2 Å². The van der Waals surface area contributed by atoms with E-state index in [2.05, 4.69) is 16.9 Å². The van der Waals surface area contributed by atoms with Crippen molar-refractivity contribution in [3.8, 4) is 0 Å². The second-order valence-electron chi connectivity index (χ2n) is 3.94. The monoisotopic (exact) mass is 223 g/mol. The highest BCUT2D eigenvalue weighted by Gasteiger charge is 2.07. The number of nitrogens with two attached hydrogens (primary N) is 1. The number of hydrogen-bond acceptors (Lipinski definition) is 4. The Kier molecular flexibility index (Phi) is 6.00. The molecule has 0 aromatic carbocycles. The van der Waals surface area contributed by atoms with E-state index < -0.39 is 0 Å². The standard InChI is InChI=1S/C12H21N3O/c1-15(8-6-12(9-13)16-2)10-11-5-3-4-7-14-11/h3-5,7,12H,6,8-10,13H2,1-2H3. The molecule has 1 heterocycles. The van der Waals surface area contributed by atoms with Crippen molar-refractivity contribution >= 4 is 0 Å². The van der Waals surface area contributed by atoms with Crippen LogP contribution in [0.25, 0.3) is 0 Å². The van der Waals surface area contributed by atoms with Gasteiger partial charge in [-0.2, -0.15) is 0 Å². The van der Waals surface area contributed by atoms with E-state index in [1.165, 1.54) is 0 Å². The van der Waals surface area contributed by atoms with Gasteiger partial charge in [0.25, 0.3) is 0 Å². The van der Waals surface area contributed by atoms with Gasteiger partial charge < -0.3 is 15.4 Å². The van der Waals surface area contributed by atoms with Gasteiger partial charge in [-0.15, -0.1) is 0 Å². The third-order valence-electron chi connectivity index (χ3n) is 2.59. The number of ether oxygens (including phenoxy) is 1. The molecule has 1 rings (SSSR count). The third-order valence-corrected chi connectivity index (χ3v) is 2.59. The van der Waals surface area contributed by atoms with Gasteiger partial charge >= 0.3 is 0 Å². The van der Waals surface area contributed by atoms with Gasteiger partial charge in [-0.3, -0.25) is 4.98 Å². The lowest BCUT2D eigenvalue weighted by Crippen LogP contribution is -2.28. The van der Waals surface area contributed by atoms with Crippen LogP contribution in [-0.2, 0) is 11.3 Å². The topological polar surface area (TPSA) is 51.4 Å². The van der Waals surface area contributed by atoms with E-state index in [1.807, 2.05) is 24.4 Å². The normalized spacial score (nSPS) is 13.0. The Morgan fingerprint density at radius 1 is 1.50 bits per heavy atom. The van der Waals surface area contributed by atoms with Gasteiger partial charge in [0, 0.05) is 32.9 Å². The van der Waals surface area contributed by atoms with E-state index in [-0.39, 0.29) is 6.10 Å². The fourth-order valence-corrected chi connectivity index (χ4v) is 1.54. The molecule has 0 bridgehead atoms. The number of methoxy groups -OCH3 is 1. The highest BCUT2D eigenvalue weighted by molar-refractivity contribution is 5.02. The van der Waals surface area contributed by atoms with E-state index in [1.54, 1.807) is 7.11 Å². The van der Waals surface area contributed by atoms with Crippen molar-refractivity contribution in [3.63, 3.8) is 0 Å². The molecule has 0 spiro atoms. The van der Waals surface area contributed by atoms with Crippen LogP contribution in [-0.4, -0.2) is 43.2 Å². The SMILES string of the molecule is COC(CN)CCN(C)Cc1ccccn1. The zero-order chi connectivity index (χ0) is 11.8. The Morgan fingerprint density at radius 2 is 2.31 bits per heavy atom. The second kappa shape index (κ2) is 7.33. The lowest BCUT2D eigenvalue weighted by atomic mass is 10.2. The number of hydrogen-bond donors (Lipinski definition) is 1. The molecule has 90 valence electrons. The smallest absolute Gasteiger partial charge is 0.0705 e. The summed E-state index contributed by atoms with van der Waals surface area (Å²) in [5.41, 5.74) is 6.66. The van der Waals surface area contributed by atoms with Crippen molar-refractivity contribution in [2.24, 2.45) is 5.73 Å². The zero-order valence-corrected chi connectivity index (χ0v) is 10.1. The van der Waals surface area contributed by atoms with E-state index in [4.69, 9.17) is 10.5 Å². The van der Waals surface area contributed by atoms with E-state index in [9.17, 15) is 0 Å². The van der Waals surface area contributed by atoms with Crippen LogP contribution in [0, 0.1) is 0 Å². The van der Waals surface area contributed by atoms with Gasteiger partial charge in [-0.05, 0) is 25.6 Å². The summed E-state index contributed by atoms with van der Waals surface area (Å²) in [6.07, 6.45) is 2.93. The van der Waals surface area contributed by atoms with Gasteiger partial charge in [-0.1, -0.05) is 6.07 Å². The van der Waals surface area contributed by atoms with Crippen molar-refractivity contribution < 1.29 is 4.74 Å². The summed E-state index contributed by atoms with van der Waals surface area (Å²) >= 11 is 0. The Bertz CT molecular complexity index is 275. The van der Waals surface area contributed by atoms with Gasteiger partial charge in [0.05, 0.1) is 11.8 Å². The predicted molar refractivity (Wildman–Crippen MR) is 65.0 cm³/mol. The molecule has 0 aliphatic rings. The molecule has 0 amide bonds. The molecule has 1 aromatic rings. The molecule has 1 atom stereocenters. The molecule has 4 nitrogen and oxygen atoms in total. The molecule has 0 aliphatic heterocycles.